The van der Waals surface area contributed by atoms with E-state index < -0.39 is 10.0 Å². The van der Waals surface area contributed by atoms with Crippen LogP contribution in [0.15, 0.2) is 33.6 Å². The van der Waals surface area contributed by atoms with Crippen LogP contribution in [0.3, 0.4) is 0 Å². The van der Waals surface area contributed by atoms with Crippen molar-refractivity contribution >= 4 is 31.9 Å². The fourth-order valence-corrected chi connectivity index (χ4v) is 6.95. The van der Waals surface area contributed by atoms with Gasteiger partial charge in [-0.1, -0.05) is 28.4 Å². The Morgan fingerprint density at radius 3 is 2.50 bits per heavy atom. The number of carbonyl (C=O) groups excluding carboxylic acids is 1. The molecule has 0 unspecified atom stereocenters. The molecular weight excluding hydrogens is 416 g/mol. The van der Waals surface area contributed by atoms with Crippen LogP contribution in [0.1, 0.15) is 32.1 Å². The van der Waals surface area contributed by atoms with Crippen LogP contribution in [-0.4, -0.2) is 49.7 Å². The predicted molar refractivity (Wildman–Crippen MR) is 103 cm³/mol. The number of nitrogens with zero attached hydrogens (tertiary/aromatic N) is 2. The number of carbonyl (C=O) groups is 1. The van der Waals surface area contributed by atoms with Crippen LogP contribution in [0, 0.1) is 17.8 Å². The Kier molecular flexibility index (Phi) is 5.14. The molecule has 5 nitrogen and oxygen atoms in total. The minimum Gasteiger partial charge on any atom is -0.340 e. The SMILES string of the molecule is O=C(C[C@@H]1C[C@H]2CC[C@H]1C2)N1CCN(S(=O)(=O)c2cccc(Br)c2)CC1. The largest absolute Gasteiger partial charge is 0.340 e. The van der Waals surface area contributed by atoms with E-state index in [9.17, 15) is 13.2 Å². The van der Waals surface area contributed by atoms with E-state index in [4.69, 9.17) is 0 Å². The Balaban J connectivity index is 1.34. The van der Waals surface area contributed by atoms with Crippen LogP contribution < -0.4 is 0 Å². The quantitative estimate of drug-likeness (QED) is 0.722. The highest BCUT2D eigenvalue weighted by Gasteiger charge is 2.41. The van der Waals surface area contributed by atoms with Gasteiger partial charge in [-0.2, -0.15) is 4.31 Å². The molecular formula is C19H25BrN2O3S. The zero-order valence-electron chi connectivity index (χ0n) is 14.8. The van der Waals surface area contributed by atoms with Gasteiger partial charge in [0.15, 0.2) is 0 Å². The zero-order valence-corrected chi connectivity index (χ0v) is 17.2. The second kappa shape index (κ2) is 7.24. The van der Waals surface area contributed by atoms with Crippen molar-refractivity contribution in [2.45, 2.75) is 37.0 Å². The van der Waals surface area contributed by atoms with Crippen molar-refractivity contribution in [3.8, 4) is 0 Å². The van der Waals surface area contributed by atoms with Gasteiger partial charge in [0, 0.05) is 37.1 Å². The lowest BCUT2D eigenvalue weighted by Crippen LogP contribution is -2.50. The monoisotopic (exact) mass is 440 g/mol. The molecule has 4 rings (SSSR count). The average molecular weight is 441 g/mol. The van der Waals surface area contributed by atoms with Gasteiger partial charge >= 0.3 is 0 Å². The summed E-state index contributed by atoms with van der Waals surface area (Å²) < 4.78 is 27.8. The second-order valence-electron chi connectivity index (χ2n) is 7.88. The maximum atomic E-state index is 12.8. The average Bonchev–Trinajstić information content (AvgIpc) is 3.25. The maximum absolute atomic E-state index is 12.8. The molecule has 1 aromatic rings. The number of piperazine rings is 1. The van der Waals surface area contributed by atoms with Crippen LogP contribution in [0.2, 0.25) is 0 Å². The Labute approximate surface area is 163 Å². The van der Waals surface area contributed by atoms with Crippen molar-refractivity contribution < 1.29 is 13.2 Å². The van der Waals surface area contributed by atoms with E-state index in [1.165, 1.54) is 30.0 Å². The van der Waals surface area contributed by atoms with Crippen LogP contribution >= 0.6 is 15.9 Å². The molecule has 26 heavy (non-hydrogen) atoms. The standard InChI is InChI=1S/C19H25BrN2O3S/c20-17-2-1-3-18(13-17)26(24,25)22-8-6-21(7-9-22)19(23)12-16-11-14-4-5-15(16)10-14/h1-3,13-16H,4-12H2/t14-,15-,16-/m0/s1. The Morgan fingerprint density at radius 2 is 1.88 bits per heavy atom. The summed E-state index contributed by atoms with van der Waals surface area (Å²) in [6.07, 6.45) is 5.83. The number of rotatable bonds is 4. The normalized spacial score (nSPS) is 29.3. The predicted octanol–water partition coefficient (Wildman–Crippen LogP) is 3.11. The summed E-state index contributed by atoms with van der Waals surface area (Å²) in [5.74, 6) is 2.37. The van der Waals surface area contributed by atoms with Crippen molar-refractivity contribution in [2.75, 3.05) is 26.2 Å². The van der Waals surface area contributed by atoms with Crippen molar-refractivity contribution in [1.82, 2.24) is 9.21 Å². The number of benzene rings is 1. The summed E-state index contributed by atoms with van der Waals surface area (Å²) in [7, 11) is -3.50. The first kappa shape index (κ1) is 18.4. The number of hydrogen-bond donors (Lipinski definition) is 0. The van der Waals surface area contributed by atoms with Gasteiger partial charge in [-0.25, -0.2) is 8.42 Å². The van der Waals surface area contributed by atoms with Gasteiger partial charge in [0.2, 0.25) is 15.9 Å². The van der Waals surface area contributed by atoms with E-state index in [1.54, 1.807) is 18.2 Å². The molecule has 1 saturated heterocycles. The van der Waals surface area contributed by atoms with E-state index in [-0.39, 0.29) is 5.91 Å². The van der Waals surface area contributed by atoms with Crippen molar-refractivity contribution in [3.63, 3.8) is 0 Å². The summed E-state index contributed by atoms with van der Waals surface area (Å²) in [6.45, 7) is 1.73. The lowest BCUT2D eigenvalue weighted by molar-refractivity contribution is -0.133. The van der Waals surface area contributed by atoms with Gasteiger partial charge in [0.1, 0.15) is 0 Å². The number of halogens is 1. The van der Waals surface area contributed by atoms with Crippen LogP contribution in [0.4, 0.5) is 0 Å². The number of amides is 1. The first-order valence-electron chi connectivity index (χ1n) is 9.47. The van der Waals surface area contributed by atoms with E-state index in [1.807, 2.05) is 11.0 Å². The summed E-state index contributed by atoms with van der Waals surface area (Å²) >= 11 is 3.33. The van der Waals surface area contributed by atoms with Crippen LogP contribution in [0.25, 0.3) is 0 Å². The van der Waals surface area contributed by atoms with Gasteiger partial charge in [-0.15, -0.1) is 0 Å². The highest BCUT2D eigenvalue weighted by atomic mass is 79.9. The Hall–Kier alpha value is -0.920. The molecule has 0 aromatic heterocycles. The highest BCUT2D eigenvalue weighted by Crippen LogP contribution is 2.49. The number of hydrogen-bond acceptors (Lipinski definition) is 3. The Bertz CT molecular complexity index is 790. The third-order valence-corrected chi connectivity index (χ3v) is 8.73. The van der Waals surface area contributed by atoms with E-state index in [0.717, 1.165) is 16.3 Å². The fourth-order valence-electron chi connectivity index (χ4n) is 4.93. The molecule has 3 fully saturated rings. The molecule has 2 bridgehead atoms. The summed E-state index contributed by atoms with van der Waals surface area (Å²) in [6, 6.07) is 6.78. The first-order chi connectivity index (χ1) is 12.4. The third-order valence-electron chi connectivity index (χ3n) is 6.35. The number of fused-ring (bicyclic) bond motifs is 2. The van der Waals surface area contributed by atoms with Crippen molar-refractivity contribution in [3.05, 3.63) is 28.7 Å². The fraction of sp³-hybridized carbons (Fsp3) is 0.632. The molecule has 1 heterocycles. The lowest BCUT2D eigenvalue weighted by Gasteiger charge is -2.35. The van der Waals surface area contributed by atoms with Gasteiger partial charge in [0.25, 0.3) is 0 Å². The van der Waals surface area contributed by atoms with Gasteiger partial charge < -0.3 is 4.90 Å². The molecule has 7 heteroatoms. The van der Waals surface area contributed by atoms with E-state index >= 15 is 0 Å². The first-order valence-corrected chi connectivity index (χ1v) is 11.7. The maximum Gasteiger partial charge on any atom is 0.243 e. The van der Waals surface area contributed by atoms with Crippen LogP contribution in [0.5, 0.6) is 0 Å². The minimum atomic E-state index is -3.50. The molecule has 0 spiro atoms. The lowest BCUT2D eigenvalue weighted by atomic mass is 9.86. The topological polar surface area (TPSA) is 57.7 Å². The molecule has 0 N–H and O–H groups in total. The van der Waals surface area contributed by atoms with Crippen molar-refractivity contribution in [2.24, 2.45) is 17.8 Å². The van der Waals surface area contributed by atoms with Crippen LogP contribution in [-0.2, 0) is 14.8 Å². The smallest absolute Gasteiger partial charge is 0.243 e. The molecule has 0 radical (unpaired) electrons. The summed E-state index contributed by atoms with van der Waals surface area (Å²) in [5, 5.41) is 0. The molecule has 1 amide bonds. The third kappa shape index (κ3) is 3.58. The molecule has 142 valence electrons. The summed E-state index contributed by atoms with van der Waals surface area (Å²) in [5.41, 5.74) is 0. The van der Waals surface area contributed by atoms with Gasteiger partial charge in [0.05, 0.1) is 4.90 Å². The van der Waals surface area contributed by atoms with E-state index in [2.05, 4.69) is 15.9 Å². The zero-order chi connectivity index (χ0) is 18.3. The molecule has 3 atom stereocenters. The second-order valence-corrected chi connectivity index (χ2v) is 10.7. The Morgan fingerprint density at radius 1 is 1.12 bits per heavy atom. The molecule has 2 aliphatic carbocycles. The van der Waals surface area contributed by atoms with E-state index in [0.29, 0.717) is 43.4 Å². The van der Waals surface area contributed by atoms with Crippen molar-refractivity contribution in [1.29, 1.82) is 0 Å². The minimum absolute atomic E-state index is 0.210. The highest BCUT2D eigenvalue weighted by molar-refractivity contribution is 9.10. The molecule has 2 saturated carbocycles. The summed E-state index contributed by atoms with van der Waals surface area (Å²) in [4.78, 5) is 14.8. The van der Waals surface area contributed by atoms with Gasteiger partial charge in [-0.3, -0.25) is 4.79 Å². The number of sulfonamides is 1. The molecule has 1 aliphatic heterocycles. The molecule has 1 aromatic carbocycles. The molecule has 3 aliphatic rings. The van der Waals surface area contributed by atoms with Gasteiger partial charge in [-0.05, 0) is 55.2 Å².